The van der Waals surface area contributed by atoms with Crippen molar-refractivity contribution in [2.45, 2.75) is 30.2 Å². The Hall–Kier alpha value is -2.08. The Balaban J connectivity index is 1.54. The highest BCUT2D eigenvalue weighted by Gasteiger charge is 2.70. The maximum Gasteiger partial charge on any atom is 0.405 e. The third kappa shape index (κ3) is 1.83. The topological polar surface area (TPSA) is 75.4 Å². The second kappa shape index (κ2) is 4.23. The summed E-state index contributed by atoms with van der Waals surface area (Å²) in [5.74, 6) is -0.0252. The molecule has 3 fully saturated rings. The van der Waals surface area contributed by atoms with Crippen molar-refractivity contribution in [1.82, 2.24) is 10.5 Å². The summed E-state index contributed by atoms with van der Waals surface area (Å²) in [7, 11) is 0. The lowest BCUT2D eigenvalue weighted by atomic mass is 9.38. The van der Waals surface area contributed by atoms with Crippen molar-refractivity contribution >= 4 is 17.7 Å². The molecule has 1 heterocycles. The Kier molecular flexibility index (Phi) is 2.61. The van der Waals surface area contributed by atoms with Crippen LogP contribution < -0.4 is 5.32 Å². The van der Waals surface area contributed by atoms with Crippen LogP contribution in [0.2, 0.25) is 5.02 Å². The number of hydrogen-bond donors (Lipinski definition) is 2. The summed E-state index contributed by atoms with van der Waals surface area (Å²) in [4.78, 5) is 10.7. The maximum absolute atomic E-state index is 13.5. The Morgan fingerprint density at radius 3 is 2.73 bits per heavy atom. The Morgan fingerprint density at radius 2 is 2.09 bits per heavy atom. The summed E-state index contributed by atoms with van der Waals surface area (Å²) in [6.45, 7) is 0. The molecule has 0 saturated heterocycles. The molecule has 1 aromatic heterocycles. The summed E-state index contributed by atoms with van der Waals surface area (Å²) in [5.41, 5.74) is 0.976. The van der Waals surface area contributed by atoms with E-state index in [1.165, 1.54) is 12.1 Å². The first-order chi connectivity index (χ1) is 10.4. The fraction of sp³-hybridized carbons (Fsp3) is 0.333. The van der Waals surface area contributed by atoms with Crippen LogP contribution in [0.4, 0.5) is 9.18 Å². The Labute approximate surface area is 130 Å². The van der Waals surface area contributed by atoms with Gasteiger partial charge in [-0.1, -0.05) is 16.8 Å². The lowest BCUT2D eigenvalue weighted by Crippen LogP contribution is -2.76. The molecule has 0 atom stereocenters. The van der Waals surface area contributed by atoms with Crippen molar-refractivity contribution in [3.05, 3.63) is 40.8 Å². The van der Waals surface area contributed by atoms with Gasteiger partial charge < -0.3 is 14.9 Å². The van der Waals surface area contributed by atoms with E-state index in [1.54, 1.807) is 12.1 Å². The highest BCUT2D eigenvalue weighted by Crippen LogP contribution is 2.67. The molecule has 5 rings (SSSR count). The number of nitrogens with zero attached hydrogens (tertiary/aromatic N) is 1. The average molecular weight is 323 g/mol. The molecule has 22 heavy (non-hydrogen) atoms. The smallest absolute Gasteiger partial charge is 0.405 e. The van der Waals surface area contributed by atoms with Gasteiger partial charge in [0, 0.05) is 22.6 Å². The first-order valence-electron chi connectivity index (χ1n) is 6.85. The highest BCUT2D eigenvalue weighted by atomic mass is 35.5. The van der Waals surface area contributed by atoms with Crippen molar-refractivity contribution in [2.24, 2.45) is 0 Å². The third-order valence-electron chi connectivity index (χ3n) is 4.66. The summed E-state index contributed by atoms with van der Waals surface area (Å²) >= 11 is 5.66. The second-order valence-corrected chi connectivity index (χ2v) is 6.63. The van der Waals surface area contributed by atoms with E-state index in [1.807, 2.05) is 0 Å². The quantitative estimate of drug-likeness (QED) is 0.905. The number of amides is 1. The fourth-order valence-electron chi connectivity index (χ4n) is 3.73. The molecule has 7 heteroatoms. The van der Waals surface area contributed by atoms with Gasteiger partial charge in [0.05, 0.1) is 10.7 Å². The lowest BCUT2D eigenvalue weighted by molar-refractivity contribution is -0.0861. The van der Waals surface area contributed by atoms with Crippen LogP contribution in [0, 0.1) is 5.82 Å². The molecular weight excluding hydrogens is 311 g/mol. The Bertz CT molecular complexity index is 769. The zero-order chi connectivity index (χ0) is 15.5. The van der Waals surface area contributed by atoms with Gasteiger partial charge in [0.2, 0.25) is 0 Å². The van der Waals surface area contributed by atoms with Gasteiger partial charge >= 0.3 is 6.09 Å². The number of hydrogen-bond acceptors (Lipinski definition) is 3. The summed E-state index contributed by atoms with van der Waals surface area (Å²) in [6.07, 6.45) is 1.19. The van der Waals surface area contributed by atoms with E-state index in [9.17, 15) is 9.18 Å². The molecule has 1 aromatic carbocycles. The summed E-state index contributed by atoms with van der Waals surface area (Å²) < 4.78 is 18.8. The van der Waals surface area contributed by atoms with Crippen LogP contribution in [0.1, 0.15) is 25.0 Å². The number of rotatable bonds is 3. The SMILES string of the molecule is O=C(O)NC12CC(c3cc(-c4ccc(Cl)c(F)c4)on3)(C1)C2. The molecule has 0 aliphatic heterocycles. The van der Waals surface area contributed by atoms with Crippen molar-refractivity contribution in [3.63, 3.8) is 0 Å². The zero-order valence-electron chi connectivity index (χ0n) is 11.4. The molecule has 3 aliphatic rings. The minimum Gasteiger partial charge on any atom is -0.465 e. The number of carboxylic acid groups (broad SMARTS) is 1. The van der Waals surface area contributed by atoms with Crippen LogP contribution in [0.25, 0.3) is 11.3 Å². The van der Waals surface area contributed by atoms with E-state index in [0.717, 1.165) is 25.0 Å². The standard InChI is InChI=1S/C15H12ClFN2O3/c16-9-2-1-8(3-10(9)17)11-4-12(19-22-11)14-5-15(6-14,7-14)18-13(20)21/h1-4,18H,5-7H2,(H,20,21). The van der Waals surface area contributed by atoms with E-state index in [0.29, 0.717) is 11.3 Å². The average Bonchev–Trinajstić information content (AvgIpc) is 2.84. The molecule has 2 aromatic rings. The predicted octanol–water partition coefficient (Wildman–Crippen LogP) is 3.58. The number of halogens is 2. The van der Waals surface area contributed by atoms with Crippen LogP contribution in [0.15, 0.2) is 28.8 Å². The van der Waals surface area contributed by atoms with Gasteiger partial charge in [-0.2, -0.15) is 0 Å². The van der Waals surface area contributed by atoms with E-state index in [4.69, 9.17) is 21.2 Å². The third-order valence-corrected chi connectivity index (χ3v) is 4.97. The first-order valence-corrected chi connectivity index (χ1v) is 7.23. The molecule has 2 N–H and O–H groups in total. The Morgan fingerprint density at radius 1 is 1.36 bits per heavy atom. The molecule has 0 unspecified atom stereocenters. The molecule has 114 valence electrons. The van der Waals surface area contributed by atoms with Crippen LogP contribution >= 0.6 is 11.6 Å². The van der Waals surface area contributed by atoms with Gasteiger partial charge in [0.1, 0.15) is 5.82 Å². The normalized spacial score (nSPS) is 28.6. The molecule has 3 aliphatic carbocycles. The largest absolute Gasteiger partial charge is 0.465 e. The lowest BCUT2D eigenvalue weighted by Gasteiger charge is -2.69. The van der Waals surface area contributed by atoms with Gasteiger partial charge in [-0.15, -0.1) is 0 Å². The minimum atomic E-state index is -0.995. The molecule has 5 nitrogen and oxygen atoms in total. The fourth-order valence-corrected chi connectivity index (χ4v) is 3.85. The highest BCUT2D eigenvalue weighted by molar-refractivity contribution is 6.30. The minimum absolute atomic E-state index is 0.0598. The second-order valence-electron chi connectivity index (χ2n) is 6.23. The van der Waals surface area contributed by atoms with E-state index < -0.39 is 11.9 Å². The van der Waals surface area contributed by atoms with Crippen LogP contribution in [-0.2, 0) is 5.41 Å². The van der Waals surface area contributed by atoms with Gasteiger partial charge in [-0.05, 0) is 37.5 Å². The molecular formula is C15H12ClFN2O3. The molecule has 2 bridgehead atoms. The molecule has 0 spiro atoms. The maximum atomic E-state index is 13.5. The van der Waals surface area contributed by atoms with Gasteiger partial charge in [0.15, 0.2) is 5.76 Å². The zero-order valence-corrected chi connectivity index (χ0v) is 12.2. The van der Waals surface area contributed by atoms with Crippen LogP contribution in [-0.4, -0.2) is 21.9 Å². The van der Waals surface area contributed by atoms with Gasteiger partial charge in [-0.3, -0.25) is 0 Å². The summed E-state index contributed by atoms with van der Waals surface area (Å²) in [5, 5.41) is 15.5. The van der Waals surface area contributed by atoms with Gasteiger partial charge in [0.25, 0.3) is 0 Å². The van der Waals surface area contributed by atoms with Gasteiger partial charge in [-0.25, -0.2) is 9.18 Å². The van der Waals surface area contributed by atoms with Crippen LogP contribution in [0.3, 0.4) is 0 Å². The van der Waals surface area contributed by atoms with Crippen molar-refractivity contribution in [3.8, 4) is 11.3 Å². The summed E-state index contributed by atoms with van der Waals surface area (Å²) in [6, 6.07) is 6.25. The van der Waals surface area contributed by atoms with E-state index in [-0.39, 0.29) is 16.0 Å². The van der Waals surface area contributed by atoms with E-state index >= 15 is 0 Å². The predicted molar refractivity (Wildman–Crippen MR) is 76.3 cm³/mol. The number of aromatic nitrogens is 1. The monoisotopic (exact) mass is 322 g/mol. The van der Waals surface area contributed by atoms with Crippen molar-refractivity contribution < 1.29 is 18.8 Å². The van der Waals surface area contributed by atoms with E-state index in [2.05, 4.69) is 10.5 Å². The number of nitrogens with one attached hydrogen (secondary N) is 1. The molecule has 0 radical (unpaired) electrons. The van der Waals surface area contributed by atoms with Crippen molar-refractivity contribution in [2.75, 3.05) is 0 Å². The number of benzene rings is 1. The van der Waals surface area contributed by atoms with Crippen molar-refractivity contribution in [1.29, 1.82) is 0 Å². The number of carbonyl (C=O) groups is 1. The first kappa shape index (κ1) is 13.6. The van der Waals surface area contributed by atoms with Crippen LogP contribution in [0.5, 0.6) is 0 Å². The molecule has 3 saturated carbocycles. The molecule has 1 amide bonds.